The van der Waals surface area contributed by atoms with Crippen LogP contribution in [0.25, 0.3) is 5.57 Å². The lowest BCUT2D eigenvalue weighted by atomic mass is 9.71. The lowest BCUT2D eigenvalue weighted by molar-refractivity contribution is -0.135. The molecule has 3 aliphatic rings. The number of hydrogen-bond donors (Lipinski definition) is 0. The number of pyridine rings is 1. The van der Waals surface area contributed by atoms with E-state index in [0.29, 0.717) is 18.4 Å². The Morgan fingerprint density at radius 2 is 2.10 bits per heavy atom. The summed E-state index contributed by atoms with van der Waals surface area (Å²) in [5.74, 6) is 1.86. The van der Waals surface area contributed by atoms with Gasteiger partial charge in [0.2, 0.25) is 5.91 Å². The molecule has 4 nitrogen and oxygen atoms in total. The van der Waals surface area contributed by atoms with E-state index in [1.165, 1.54) is 43.2 Å². The molecule has 1 aliphatic carbocycles. The van der Waals surface area contributed by atoms with E-state index in [9.17, 15) is 4.79 Å². The van der Waals surface area contributed by atoms with Gasteiger partial charge in [-0.05, 0) is 93.7 Å². The van der Waals surface area contributed by atoms with Crippen molar-refractivity contribution < 1.29 is 9.53 Å². The Balaban J connectivity index is 1.50. The molecule has 4 heteroatoms. The van der Waals surface area contributed by atoms with Crippen molar-refractivity contribution in [1.82, 2.24) is 9.88 Å². The summed E-state index contributed by atoms with van der Waals surface area (Å²) in [4.78, 5) is 19.2. The lowest BCUT2D eigenvalue weighted by Gasteiger charge is -2.42. The summed E-state index contributed by atoms with van der Waals surface area (Å²) in [5, 5.41) is 0. The summed E-state index contributed by atoms with van der Waals surface area (Å²) >= 11 is 0. The Morgan fingerprint density at radius 1 is 1.24 bits per heavy atom. The van der Waals surface area contributed by atoms with Crippen LogP contribution < -0.4 is 4.74 Å². The van der Waals surface area contributed by atoms with Crippen molar-refractivity contribution in [3.63, 3.8) is 0 Å². The molecule has 0 saturated carbocycles. The molecule has 0 aromatic carbocycles. The average Bonchev–Trinajstić information content (AvgIpc) is 3.26. The van der Waals surface area contributed by atoms with Gasteiger partial charge in [0.1, 0.15) is 5.75 Å². The second-order valence-corrected chi connectivity index (χ2v) is 9.69. The zero-order chi connectivity index (χ0) is 20.5. The Hall–Kier alpha value is -1.84. The van der Waals surface area contributed by atoms with Gasteiger partial charge in [-0.25, -0.2) is 0 Å². The molecule has 0 spiro atoms. The molecule has 3 atom stereocenters. The van der Waals surface area contributed by atoms with Crippen molar-refractivity contribution in [2.24, 2.45) is 11.3 Å². The van der Waals surface area contributed by atoms with Crippen LogP contribution in [0.4, 0.5) is 0 Å². The van der Waals surface area contributed by atoms with E-state index < -0.39 is 0 Å². The highest BCUT2D eigenvalue weighted by Crippen LogP contribution is 2.51. The number of allylic oxidation sites excluding steroid dienone is 2. The zero-order valence-corrected chi connectivity index (χ0v) is 18.4. The molecule has 0 bridgehead atoms. The van der Waals surface area contributed by atoms with Gasteiger partial charge in [0.15, 0.2) is 0 Å². The predicted octanol–water partition coefficient (Wildman–Crippen LogP) is 5.63. The average molecular weight is 397 g/mol. The van der Waals surface area contributed by atoms with Crippen LogP contribution in [0.3, 0.4) is 0 Å². The van der Waals surface area contributed by atoms with Crippen molar-refractivity contribution >= 4 is 11.5 Å². The smallest absolute Gasteiger partial charge is 0.223 e. The van der Waals surface area contributed by atoms with Gasteiger partial charge in [-0.15, -0.1) is 0 Å². The fourth-order valence-corrected chi connectivity index (χ4v) is 6.17. The number of ether oxygens (including phenoxy) is 1. The minimum absolute atomic E-state index is 0.0723. The molecule has 0 radical (unpaired) electrons. The number of carbonyl (C=O) groups is 1. The van der Waals surface area contributed by atoms with Crippen LogP contribution in [0.1, 0.15) is 84.1 Å². The third kappa shape index (κ3) is 3.83. The maximum atomic E-state index is 12.6. The Bertz CT molecular complexity index is 789. The van der Waals surface area contributed by atoms with Gasteiger partial charge in [-0.2, -0.15) is 0 Å². The number of carbonyl (C=O) groups excluding carboxylic acids is 1. The van der Waals surface area contributed by atoms with Gasteiger partial charge in [-0.3, -0.25) is 9.78 Å². The molecule has 1 aromatic rings. The molecule has 0 N–H and O–H groups in total. The zero-order valence-electron chi connectivity index (χ0n) is 18.4. The largest absolute Gasteiger partial charge is 0.492 e. The van der Waals surface area contributed by atoms with Crippen LogP contribution >= 0.6 is 0 Å². The minimum Gasteiger partial charge on any atom is -0.492 e. The molecule has 1 aromatic heterocycles. The van der Waals surface area contributed by atoms with Gasteiger partial charge in [0, 0.05) is 24.7 Å². The topological polar surface area (TPSA) is 42.4 Å². The van der Waals surface area contributed by atoms with E-state index in [2.05, 4.69) is 35.9 Å². The maximum Gasteiger partial charge on any atom is 0.223 e. The first-order chi connectivity index (χ1) is 14.0. The molecular formula is C25H36N2O2. The molecule has 2 saturated heterocycles. The van der Waals surface area contributed by atoms with Gasteiger partial charge in [-0.1, -0.05) is 13.0 Å². The van der Waals surface area contributed by atoms with Crippen molar-refractivity contribution in [3.05, 3.63) is 30.1 Å². The predicted molar refractivity (Wildman–Crippen MR) is 117 cm³/mol. The molecule has 158 valence electrons. The molecule has 4 rings (SSSR count). The van der Waals surface area contributed by atoms with Crippen LogP contribution in [0, 0.1) is 11.3 Å². The number of fused-ring (bicyclic) bond motifs is 1. The Labute approximate surface area is 175 Å². The molecule has 1 amide bonds. The second-order valence-electron chi connectivity index (χ2n) is 9.69. The van der Waals surface area contributed by atoms with Crippen LogP contribution in [0.2, 0.25) is 0 Å². The SMILES string of the molecule is CCOc1cncc(C2=CCCC2(C)CCC2CCCC(=O)N3CCCC23C)c1. The summed E-state index contributed by atoms with van der Waals surface area (Å²) in [6.45, 7) is 8.42. The van der Waals surface area contributed by atoms with Crippen LogP contribution in [-0.2, 0) is 4.79 Å². The van der Waals surface area contributed by atoms with E-state index in [1.54, 1.807) is 6.20 Å². The highest BCUT2D eigenvalue weighted by atomic mass is 16.5. The standard InChI is InChI=1S/C25H36N2O2/c1-4-29-21-16-19(17-26-18-21)22-9-6-12-24(22,2)14-11-20-8-5-10-23(28)27-15-7-13-25(20,27)3/h9,16-18,20H,4-8,10-15H2,1-3H3. The summed E-state index contributed by atoms with van der Waals surface area (Å²) in [6.07, 6.45) is 16.2. The molecule has 2 fully saturated rings. The lowest BCUT2D eigenvalue weighted by Crippen LogP contribution is -2.48. The highest BCUT2D eigenvalue weighted by Gasteiger charge is 2.47. The van der Waals surface area contributed by atoms with Crippen molar-refractivity contribution in [3.8, 4) is 5.75 Å². The Kier molecular flexibility index (Phi) is 5.72. The van der Waals surface area contributed by atoms with Crippen LogP contribution in [0.15, 0.2) is 24.5 Å². The number of hydrogen-bond acceptors (Lipinski definition) is 3. The molecule has 29 heavy (non-hydrogen) atoms. The fraction of sp³-hybridized carbons (Fsp3) is 0.680. The van der Waals surface area contributed by atoms with E-state index in [1.807, 2.05) is 13.1 Å². The van der Waals surface area contributed by atoms with E-state index >= 15 is 0 Å². The normalized spacial score (nSPS) is 32.1. The molecular weight excluding hydrogens is 360 g/mol. The number of nitrogens with zero attached hydrogens (tertiary/aromatic N) is 2. The van der Waals surface area contributed by atoms with E-state index in [4.69, 9.17) is 4.74 Å². The third-order valence-corrected chi connectivity index (χ3v) is 7.88. The molecule has 3 heterocycles. The van der Waals surface area contributed by atoms with Crippen molar-refractivity contribution in [2.75, 3.05) is 13.2 Å². The summed E-state index contributed by atoms with van der Waals surface area (Å²) < 4.78 is 5.69. The third-order valence-electron chi connectivity index (χ3n) is 7.88. The first kappa shape index (κ1) is 20.4. The van der Waals surface area contributed by atoms with Gasteiger partial charge >= 0.3 is 0 Å². The van der Waals surface area contributed by atoms with Gasteiger partial charge in [0.25, 0.3) is 0 Å². The molecule has 2 aliphatic heterocycles. The van der Waals surface area contributed by atoms with E-state index in [-0.39, 0.29) is 11.0 Å². The summed E-state index contributed by atoms with van der Waals surface area (Å²) in [5.41, 5.74) is 2.90. The Morgan fingerprint density at radius 3 is 2.93 bits per heavy atom. The van der Waals surface area contributed by atoms with Crippen LogP contribution in [0.5, 0.6) is 5.75 Å². The number of rotatable bonds is 6. The fourth-order valence-electron chi connectivity index (χ4n) is 6.17. The van der Waals surface area contributed by atoms with E-state index in [0.717, 1.165) is 38.0 Å². The summed E-state index contributed by atoms with van der Waals surface area (Å²) in [6, 6.07) is 2.15. The minimum atomic E-state index is 0.0723. The van der Waals surface area contributed by atoms with Crippen molar-refractivity contribution in [2.45, 2.75) is 84.1 Å². The van der Waals surface area contributed by atoms with Crippen LogP contribution in [-0.4, -0.2) is 34.5 Å². The quantitative estimate of drug-likeness (QED) is 0.626. The second kappa shape index (κ2) is 8.12. The van der Waals surface area contributed by atoms with Gasteiger partial charge < -0.3 is 9.64 Å². The number of amides is 1. The summed E-state index contributed by atoms with van der Waals surface area (Å²) in [7, 11) is 0. The maximum absolute atomic E-state index is 12.6. The first-order valence-electron chi connectivity index (χ1n) is 11.6. The molecule has 3 unspecified atom stereocenters. The first-order valence-corrected chi connectivity index (χ1v) is 11.6. The monoisotopic (exact) mass is 396 g/mol. The highest BCUT2D eigenvalue weighted by molar-refractivity contribution is 5.77. The van der Waals surface area contributed by atoms with Crippen molar-refractivity contribution in [1.29, 1.82) is 0 Å². The van der Waals surface area contributed by atoms with Gasteiger partial charge in [0.05, 0.1) is 12.8 Å². The number of aromatic nitrogens is 1.